The molecule has 1 aliphatic rings. The van der Waals surface area contributed by atoms with Gasteiger partial charge in [0.2, 0.25) is 0 Å². The normalized spacial score (nSPS) is 20.0. The number of hydrogen-bond acceptors (Lipinski definition) is 4. The fraction of sp³-hybridized carbons (Fsp3) is 0.500. The summed E-state index contributed by atoms with van der Waals surface area (Å²) in [5, 5.41) is 5.30. The summed E-state index contributed by atoms with van der Waals surface area (Å²) in [5.41, 5.74) is 1.16. The van der Waals surface area contributed by atoms with Crippen LogP contribution in [0.3, 0.4) is 0 Å². The summed E-state index contributed by atoms with van der Waals surface area (Å²) in [6.45, 7) is 2.72. The van der Waals surface area contributed by atoms with E-state index < -0.39 is 9.84 Å². The number of hydrogen-bond donors (Lipinski definition) is 2. The fourth-order valence-corrected chi connectivity index (χ4v) is 3.79. The van der Waals surface area contributed by atoms with Gasteiger partial charge in [-0.1, -0.05) is 17.7 Å². The Labute approximate surface area is 124 Å². The van der Waals surface area contributed by atoms with Crippen LogP contribution in [0, 0.1) is 6.92 Å². The number of benzene rings is 1. The van der Waals surface area contributed by atoms with Gasteiger partial charge >= 0.3 is 6.03 Å². The molecule has 1 saturated heterocycles. The van der Waals surface area contributed by atoms with Crippen molar-refractivity contribution in [1.82, 2.24) is 10.6 Å². The van der Waals surface area contributed by atoms with Gasteiger partial charge in [0.25, 0.3) is 0 Å². The van der Waals surface area contributed by atoms with Crippen molar-refractivity contribution in [1.29, 1.82) is 0 Å². The Morgan fingerprint density at radius 2 is 2.05 bits per heavy atom. The summed E-state index contributed by atoms with van der Waals surface area (Å²) in [6, 6.07) is 7.02. The van der Waals surface area contributed by atoms with E-state index in [0.717, 1.165) is 11.3 Å². The Bertz CT molecular complexity index is 583. The van der Waals surface area contributed by atoms with Crippen LogP contribution in [0.1, 0.15) is 12.0 Å². The van der Waals surface area contributed by atoms with Crippen LogP contribution < -0.4 is 15.4 Å². The van der Waals surface area contributed by atoms with E-state index in [2.05, 4.69) is 10.6 Å². The van der Waals surface area contributed by atoms with Crippen LogP contribution in [0.4, 0.5) is 4.79 Å². The third-order valence-corrected chi connectivity index (χ3v) is 5.01. The number of urea groups is 1. The van der Waals surface area contributed by atoms with Crippen molar-refractivity contribution in [3.8, 4) is 5.75 Å². The molecule has 0 saturated carbocycles. The summed E-state index contributed by atoms with van der Waals surface area (Å²) in [7, 11) is -2.97. The highest BCUT2D eigenvalue weighted by molar-refractivity contribution is 7.91. The molecule has 2 rings (SSSR count). The molecule has 0 aromatic heterocycles. The summed E-state index contributed by atoms with van der Waals surface area (Å²) >= 11 is 0. The highest BCUT2D eigenvalue weighted by Gasteiger charge is 2.28. The van der Waals surface area contributed by atoms with Gasteiger partial charge in [0.15, 0.2) is 9.84 Å². The van der Waals surface area contributed by atoms with Crippen LogP contribution in [0.15, 0.2) is 24.3 Å². The Hall–Kier alpha value is -1.76. The van der Waals surface area contributed by atoms with Gasteiger partial charge in [0.05, 0.1) is 18.1 Å². The first kappa shape index (κ1) is 15.6. The standard InChI is InChI=1S/C14H20N2O4S/c1-11-2-4-13(5-3-11)20-8-7-15-14(17)16-12-6-9-21(18,19)10-12/h2-5,12H,6-10H2,1H3,(H2,15,16,17). The quantitative estimate of drug-likeness (QED) is 0.790. The molecular weight excluding hydrogens is 292 g/mol. The lowest BCUT2D eigenvalue weighted by molar-refractivity contribution is 0.233. The minimum atomic E-state index is -2.97. The highest BCUT2D eigenvalue weighted by Crippen LogP contribution is 2.11. The van der Waals surface area contributed by atoms with Crippen LogP contribution in [-0.4, -0.2) is 45.1 Å². The van der Waals surface area contributed by atoms with Crippen molar-refractivity contribution in [2.24, 2.45) is 0 Å². The minimum Gasteiger partial charge on any atom is -0.492 e. The second-order valence-electron chi connectivity index (χ2n) is 5.16. The third kappa shape index (κ3) is 5.26. The van der Waals surface area contributed by atoms with Crippen molar-refractivity contribution >= 4 is 15.9 Å². The summed E-state index contributed by atoms with van der Waals surface area (Å²) in [5.74, 6) is 0.930. The molecule has 0 aliphatic carbocycles. The molecule has 1 aliphatic heterocycles. The van der Waals surface area contributed by atoms with Gasteiger partial charge in [-0.25, -0.2) is 13.2 Å². The lowest BCUT2D eigenvalue weighted by atomic mass is 10.2. The molecule has 7 heteroatoms. The van der Waals surface area contributed by atoms with Gasteiger partial charge in [0, 0.05) is 6.04 Å². The Morgan fingerprint density at radius 3 is 2.67 bits per heavy atom. The molecule has 0 spiro atoms. The SMILES string of the molecule is Cc1ccc(OCCNC(=O)NC2CCS(=O)(=O)C2)cc1. The maximum Gasteiger partial charge on any atom is 0.315 e. The number of sulfone groups is 1. The fourth-order valence-electron chi connectivity index (χ4n) is 2.11. The third-order valence-electron chi connectivity index (χ3n) is 3.24. The zero-order valence-electron chi connectivity index (χ0n) is 12.0. The number of rotatable bonds is 5. The lowest BCUT2D eigenvalue weighted by Gasteiger charge is -2.12. The molecule has 1 aromatic rings. The largest absolute Gasteiger partial charge is 0.492 e. The first-order valence-corrected chi connectivity index (χ1v) is 8.71. The van der Waals surface area contributed by atoms with Crippen molar-refractivity contribution in [2.45, 2.75) is 19.4 Å². The van der Waals surface area contributed by atoms with E-state index in [-0.39, 0.29) is 23.6 Å². The number of carbonyl (C=O) groups excluding carboxylic acids is 1. The van der Waals surface area contributed by atoms with Crippen LogP contribution >= 0.6 is 0 Å². The zero-order chi connectivity index (χ0) is 15.3. The van der Waals surface area contributed by atoms with E-state index in [4.69, 9.17) is 4.74 Å². The molecule has 1 heterocycles. The molecule has 116 valence electrons. The van der Waals surface area contributed by atoms with Gasteiger partial charge in [-0.05, 0) is 25.5 Å². The highest BCUT2D eigenvalue weighted by atomic mass is 32.2. The van der Waals surface area contributed by atoms with Gasteiger partial charge in [-0.2, -0.15) is 0 Å². The second kappa shape index (κ2) is 6.80. The number of amides is 2. The van der Waals surface area contributed by atoms with Crippen molar-refractivity contribution < 1.29 is 17.9 Å². The molecule has 2 N–H and O–H groups in total. The minimum absolute atomic E-state index is 0.0281. The van der Waals surface area contributed by atoms with Crippen LogP contribution in [-0.2, 0) is 9.84 Å². The maximum absolute atomic E-state index is 11.6. The van der Waals surface area contributed by atoms with E-state index in [1.165, 1.54) is 0 Å². The van der Waals surface area contributed by atoms with Crippen molar-refractivity contribution in [2.75, 3.05) is 24.7 Å². The van der Waals surface area contributed by atoms with Crippen molar-refractivity contribution in [3.63, 3.8) is 0 Å². The predicted octanol–water partition coefficient (Wildman–Crippen LogP) is 0.860. The number of carbonyl (C=O) groups is 1. The van der Waals surface area contributed by atoms with E-state index in [1.807, 2.05) is 31.2 Å². The van der Waals surface area contributed by atoms with Gasteiger partial charge in [0.1, 0.15) is 12.4 Å². The first-order chi connectivity index (χ1) is 9.94. The van der Waals surface area contributed by atoms with Gasteiger partial charge in [-0.15, -0.1) is 0 Å². The van der Waals surface area contributed by atoms with Gasteiger partial charge < -0.3 is 15.4 Å². The maximum atomic E-state index is 11.6. The summed E-state index contributed by atoms with van der Waals surface area (Å²) in [4.78, 5) is 11.6. The number of aryl methyl sites for hydroxylation is 1. The Kier molecular flexibility index (Phi) is 5.06. The summed E-state index contributed by atoms with van der Waals surface area (Å²) in [6.07, 6.45) is 0.482. The molecule has 0 radical (unpaired) electrons. The molecule has 1 fully saturated rings. The molecule has 6 nitrogen and oxygen atoms in total. The smallest absolute Gasteiger partial charge is 0.315 e. The lowest BCUT2D eigenvalue weighted by Crippen LogP contribution is -2.43. The average molecular weight is 312 g/mol. The molecule has 1 aromatic carbocycles. The number of ether oxygens (including phenoxy) is 1. The van der Waals surface area contributed by atoms with E-state index in [9.17, 15) is 13.2 Å². The zero-order valence-corrected chi connectivity index (χ0v) is 12.8. The Balaban J connectivity index is 1.62. The van der Waals surface area contributed by atoms with E-state index in [1.54, 1.807) is 0 Å². The van der Waals surface area contributed by atoms with E-state index in [0.29, 0.717) is 19.6 Å². The van der Waals surface area contributed by atoms with Crippen LogP contribution in [0.25, 0.3) is 0 Å². The number of nitrogens with one attached hydrogen (secondary N) is 2. The second-order valence-corrected chi connectivity index (χ2v) is 7.39. The molecule has 2 amide bonds. The van der Waals surface area contributed by atoms with Crippen LogP contribution in [0.2, 0.25) is 0 Å². The Morgan fingerprint density at radius 1 is 1.33 bits per heavy atom. The first-order valence-electron chi connectivity index (χ1n) is 6.89. The van der Waals surface area contributed by atoms with Crippen molar-refractivity contribution in [3.05, 3.63) is 29.8 Å². The van der Waals surface area contributed by atoms with Crippen LogP contribution in [0.5, 0.6) is 5.75 Å². The summed E-state index contributed by atoms with van der Waals surface area (Å²) < 4.78 is 28.0. The average Bonchev–Trinajstić information content (AvgIpc) is 2.76. The monoisotopic (exact) mass is 312 g/mol. The predicted molar refractivity (Wildman–Crippen MR) is 80.3 cm³/mol. The molecular formula is C14H20N2O4S. The molecule has 1 atom stereocenters. The van der Waals surface area contributed by atoms with E-state index >= 15 is 0 Å². The molecule has 21 heavy (non-hydrogen) atoms. The molecule has 1 unspecified atom stereocenters. The topological polar surface area (TPSA) is 84.5 Å². The molecule has 0 bridgehead atoms. The van der Waals surface area contributed by atoms with Gasteiger partial charge in [-0.3, -0.25) is 0 Å².